The first-order chi connectivity index (χ1) is 15.2. The van der Waals surface area contributed by atoms with Gasteiger partial charge in [-0.25, -0.2) is 4.98 Å². The van der Waals surface area contributed by atoms with E-state index in [0.29, 0.717) is 16.5 Å². The van der Waals surface area contributed by atoms with Crippen LogP contribution in [0.15, 0.2) is 63.2 Å². The molecule has 1 N–H and O–H groups in total. The number of hydrogen-bond donors (Lipinski definition) is 1. The third-order valence-corrected chi connectivity index (χ3v) is 6.98. The minimum absolute atomic E-state index is 0.00732. The monoisotopic (exact) mass is 464 g/mol. The number of carbonyl (C=O) groups excluding carboxylic acids is 1. The van der Waals surface area contributed by atoms with Gasteiger partial charge in [-0.05, 0) is 41.1 Å². The average Bonchev–Trinajstić information content (AvgIpc) is 3.58. The van der Waals surface area contributed by atoms with E-state index in [9.17, 15) is 4.79 Å². The van der Waals surface area contributed by atoms with Gasteiger partial charge in [0.05, 0.1) is 12.9 Å². The van der Waals surface area contributed by atoms with Gasteiger partial charge in [0.2, 0.25) is 5.16 Å². The Hall–Kier alpha value is -3.01. The summed E-state index contributed by atoms with van der Waals surface area (Å²) in [5, 5.41) is 18.1. The summed E-state index contributed by atoms with van der Waals surface area (Å²) in [6, 6.07) is 9.66. The van der Waals surface area contributed by atoms with Gasteiger partial charge in [0, 0.05) is 44.6 Å². The van der Waals surface area contributed by atoms with Crippen molar-refractivity contribution < 1.29 is 9.53 Å². The normalized spacial score (nSPS) is 11.1. The summed E-state index contributed by atoms with van der Waals surface area (Å²) >= 11 is 4.50. The smallest absolute Gasteiger partial charge is 0.210 e. The molecule has 31 heavy (non-hydrogen) atoms. The summed E-state index contributed by atoms with van der Waals surface area (Å²) in [5.41, 5.74) is 5.04. The van der Waals surface area contributed by atoms with Gasteiger partial charge in [0.25, 0.3) is 0 Å². The highest BCUT2D eigenvalue weighted by Gasteiger charge is 2.17. The van der Waals surface area contributed by atoms with E-state index >= 15 is 0 Å². The number of methoxy groups -OCH3 is 1. The number of fused-ring (bicyclic) bond motifs is 1. The Morgan fingerprint density at radius 3 is 2.55 bits per heavy atom. The number of aromatic nitrogens is 4. The first kappa shape index (κ1) is 19.9. The average molecular weight is 465 g/mol. The molecule has 5 rings (SSSR count). The van der Waals surface area contributed by atoms with Gasteiger partial charge in [0.1, 0.15) is 17.1 Å². The molecule has 0 atom stereocenters. The molecule has 0 aliphatic heterocycles. The van der Waals surface area contributed by atoms with Crippen molar-refractivity contribution in [3.05, 3.63) is 63.6 Å². The van der Waals surface area contributed by atoms with E-state index in [2.05, 4.69) is 15.2 Å². The Morgan fingerprint density at radius 1 is 1.06 bits per heavy atom. The van der Waals surface area contributed by atoms with Gasteiger partial charge in [-0.1, -0.05) is 11.8 Å². The number of nitrogens with one attached hydrogen (secondary N) is 1. The number of Topliss-reactive ketones (excluding diaryl/α,β-unsaturated/α-hetero) is 1. The van der Waals surface area contributed by atoms with Crippen molar-refractivity contribution in [2.45, 2.75) is 5.16 Å². The Kier molecular flexibility index (Phi) is 5.54. The minimum atomic E-state index is -0.00732. The molecule has 0 saturated carbocycles. The van der Waals surface area contributed by atoms with Crippen LogP contribution in [0, 0.1) is 0 Å². The van der Waals surface area contributed by atoms with E-state index in [0.717, 1.165) is 33.4 Å². The Labute approximate surface area is 190 Å². The molecule has 0 bridgehead atoms. The maximum atomic E-state index is 12.9. The first-order valence-electron chi connectivity index (χ1n) is 9.34. The lowest BCUT2D eigenvalue weighted by atomic mass is 10.1. The number of thioether (sulfide) groups is 1. The molecule has 0 aliphatic rings. The van der Waals surface area contributed by atoms with Crippen LogP contribution in [0.2, 0.25) is 0 Å². The van der Waals surface area contributed by atoms with Gasteiger partial charge < -0.3 is 9.72 Å². The van der Waals surface area contributed by atoms with Gasteiger partial charge in [-0.15, -0.1) is 10.2 Å². The molecular formula is C22H16N4O2S3. The molecule has 0 radical (unpaired) electrons. The predicted molar refractivity (Wildman–Crippen MR) is 126 cm³/mol. The van der Waals surface area contributed by atoms with Crippen LogP contribution in [0.1, 0.15) is 10.4 Å². The van der Waals surface area contributed by atoms with Crippen LogP contribution in [0.3, 0.4) is 0 Å². The molecule has 0 spiro atoms. The number of benzene rings is 1. The number of ether oxygens (including phenoxy) is 1. The zero-order valence-electron chi connectivity index (χ0n) is 16.4. The number of carbonyl (C=O) groups is 1. The van der Waals surface area contributed by atoms with Gasteiger partial charge in [-0.3, -0.25) is 4.79 Å². The number of rotatable bonds is 7. The number of aromatic amines is 1. The third-order valence-electron chi connectivity index (χ3n) is 4.78. The fraction of sp³-hybridized carbons (Fsp3) is 0.0909. The van der Waals surface area contributed by atoms with Gasteiger partial charge in [0.15, 0.2) is 5.78 Å². The van der Waals surface area contributed by atoms with Crippen molar-refractivity contribution in [3.63, 3.8) is 0 Å². The van der Waals surface area contributed by atoms with Crippen molar-refractivity contribution in [1.82, 2.24) is 20.2 Å². The zero-order chi connectivity index (χ0) is 21.2. The second-order valence-corrected chi connectivity index (χ2v) is 9.14. The fourth-order valence-electron chi connectivity index (χ4n) is 3.23. The molecule has 0 aliphatic carbocycles. The second-order valence-electron chi connectivity index (χ2n) is 6.64. The van der Waals surface area contributed by atoms with Crippen LogP contribution in [0.4, 0.5) is 0 Å². The molecule has 1 aromatic carbocycles. The van der Waals surface area contributed by atoms with Crippen LogP contribution in [0.5, 0.6) is 5.75 Å². The second kappa shape index (κ2) is 8.62. The SMILES string of the molecule is COc1ccc2[nH]cc(C(=O)CSc3nnc(-c4ccsc4)c(-c4ccsc4)n3)c2c1. The molecule has 0 saturated heterocycles. The lowest BCUT2D eigenvalue weighted by molar-refractivity contribution is 0.102. The fourth-order valence-corrected chi connectivity index (χ4v) is 5.18. The first-order valence-corrected chi connectivity index (χ1v) is 12.2. The quantitative estimate of drug-likeness (QED) is 0.242. The van der Waals surface area contributed by atoms with E-state index in [1.807, 2.05) is 51.9 Å². The summed E-state index contributed by atoms with van der Waals surface area (Å²) in [7, 11) is 1.61. The van der Waals surface area contributed by atoms with Crippen molar-refractivity contribution in [2.75, 3.05) is 12.9 Å². The molecule has 4 aromatic heterocycles. The number of H-pyrrole nitrogens is 1. The van der Waals surface area contributed by atoms with Crippen LogP contribution < -0.4 is 4.74 Å². The van der Waals surface area contributed by atoms with E-state index in [1.165, 1.54) is 11.8 Å². The highest BCUT2D eigenvalue weighted by atomic mass is 32.2. The summed E-state index contributed by atoms with van der Waals surface area (Å²) in [4.78, 5) is 20.8. The number of nitrogens with zero attached hydrogens (tertiary/aromatic N) is 3. The molecule has 4 heterocycles. The largest absolute Gasteiger partial charge is 0.497 e. The Bertz CT molecular complexity index is 1340. The summed E-state index contributed by atoms with van der Waals surface area (Å²) < 4.78 is 5.29. The summed E-state index contributed by atoms with van der Waals surface area (Å²) in [5.74, 6) is 0.921. The van der Waals surface area contributed by atoms with Crippen LogP contribution in [-0.4, -0.2) is 38.8 Å². The maximum Gasteiger partial charge on any atom is 0.210 e. The Balaban J connectivity index is 1.41. The number of thiophene rings is 2. The molecule has 0 amide bonds. The summed E-state index contributed by atoms with van der Waals surface area (Å²) in [6.45, 7) is 0. The Morgan fingerprint density at radius 2 is 1.84 bits per heavy atom. The molecular weight excluding hydrogens is 448 g/mol. The molecule has 6 nitrogen and oxygen atoms in total. The minimum Gasteiger partial charge on any atom is -0.497 e. The lowest BCUT2D eigenvalue weighted by Crippen LogP contribution is -2.04. The summed E-state index contributed by atoms with van der Waals surface area (Å²) in [6.07, 6.45) is 1.74. The molecule has 154 valence electrons. The van der Waals surface area contributed by atoms with E-state index < -0.39 is 0 Å². The maximum absolute atomic E-state index is 12.9. The number of ketones is 1. The third kappa shape index (κ3) is 3.99. The molecule has 5 aromatic rings. The number of hydrogen-bond acceptors (Lipinski definition) is 8. The standard InChI is InChI=1S/C22H16N4O2S3/c1-28-15-2-3-18-16(8-15)17(9-23-18)19(27)12-31-22-24-20(13-4-6-29-10-13)21(25-26-22)14-5-7-30-11-14/h2-11,23H,12H2,1H3. The molecule has 0 fully saturated rings. The van der Waals surface area contributed by atoms with Crippen LogP contribution in [0.25, 0.3) is 33.4 Å². The lowest BCUT2D eigenvalue weighted by Gasteiger charge is -2.07. The van der Waals surface area contributed by atoms with Gasteiger partial charge in [-0.2, -0.15) is 22.7 Å². The van der Waals surface area contributed by atoms with Crippen molar-refractivity contribution >= 4 is 51.1 Å². The van der Waals surface area contributed by atoms with Crippen LogP contribution >= 0.6 is 34.4 Å². The van der Waals surface area contributed by atoms with E-state index in [1.54, 1.807) is 36.0 Å². The van der Waals surface area contributed by atoms with Crippen LogP contribution in [-0.2, 0) is 0 Å². The molecule has 9 heteroatoms. The van der Waals surface area contributed by atoms with Gasteiger partial charge >= 0.3 is 0 Å². The topological polar surface area (TPSA) is 80.8 Å². The van der Waals surface area contributed by atoms with Crippen molar-refractivity contribution in [3.8, 4) is 28.3 Å². The van der Waals surface area contributed by atoms with E-state index in [4.69, 9.17) is 9.72 Å². The highest BCUT2D eigenvalue weighted by Crippen LogP contribution is 2.32. The van der Waals surface area contributed by atoms with E-state index in [-0.39, 0.29) is 11.5 Å². The zero-order valence-corrected chi connectivity index (χ0v) is 18.8. The highest BCUT2D eigenvalue weighted by molar-refractivity contribution is 7.99. The predicted octanol–water partition coefficient (Wildman–Crippen LogP) is 5.79. The van der Waals surface area contributed by atoms with Crippen molar-refractivity contribution in [1.29, 1.82) is 0 Å². The van der Waals surface area contributed by atoms with Crippen molar-refractivity contribution in [2.24, 2.45) is 0 Å². The molecule has 0 unspecified atom stereocenters.